The van der Waals surface area contributed by atoms with Crippen LogP contribution in [0, 0.1) is 4.91 Å². The van der Waals surface area contributed by atoms with Crippen molar-refractivity contribution in [1.29, 1.82) is 0 Å². The first-order chi connectivity index (χ1) is 6.25. The molecule has 13 heavy (non-hydrogen) atoms. The van der Waals surface area contributed by atoms with Gasteiger partial charge in [0.25, 0.3) is 0 Å². The summed E-state index contributed by atoms with van der Waals surface area (Å²) in [5.74, 6) is -0.943. The highest BCUT2D eigenvalue weighted by molar-refractivity contribution is 5.73. The molecular formula is C8H14N2O3. The van der Waals surface area contributed by atoms with Gasteiger partial charge in [-0.3, -0.25) is 0 Å². The smallest absolute Gasteiger partial charge is 0.328 e. The fourth-order valence-electron chi connectivity index (χ4n) is 1.62. The zero-order chi connectivity index (χ0) is 9.68. The summed E-state index contributed by atoms with van der Waals surface area (Å²) in [5.41, 5.74) is 0. The number of hydrogen-bond acceptors (Lipinski definition) is 3. The molecule has 5 nitrogen and oxygen atoms in total. The third kappa shape index (κ3) is 2.68. The quantitative estimate of drug-likeness (QED) is 0.661. The molecule has 0 aromatic rings. The van der Waals surface area contributed by atoms with Crippen LogP contribution in [-0.4, -0.2) is 28.7 Å². The van der Waals surface area contributed by atoms with E-state index in [0.717, 1.165) is 30.7 Å². The van der Waals surface area contributed by atoms with Crippen LogP contribution in [0.15, 0.2) is 5.29 Å². The Hall–Kier alpha value is -1.13. The molecule has 0 saturated carbocycles. The van der Waals surface area contributed by atoms with Gasteiger partial charge in [-0.15, -0.1) is 4.91 Å². The third-order valence-electron chi connectivity index (χ3n) is 2.36. The van der Waals surface area contributed by atoms with E-state index in [1.165, 1.54) is 0 Å². The maximum Gasteiger partial charge on any atom is 0.328 e. The van der Waals surface area contributed by atoms with Crippen molar-refractivity contribution >= 4 is 5.97 Å². The molecule has 1 heterocycles. The molecule has 1 rings (SSSR count). The first-order valence-electron chi connectivity index (χ1n) is 4.58. The fraction of sp³-hybridized carbons (Fsp3) is 0.875. The van der Waals surface area contributed by atoms with Crippen molar-refractivity contribution in [3.63, 3.8) is 0 Å². The molecule has 0 unspecified atom stereocenters. The summed E-state index contributed by atoms with van der Waals surface area (Å²) < 4.78 is 0. The number of carboxylic acid groups (broad SMARTS) is 1. The second kappa shape index (κ2) is 4.79. The largest absolute Gasteiger partial charge is 0.480 e. The predicted molar refractivity (Wildman–Crippen MR) is 47.0 cm³/mol. The van der Waals surface area contributed by atoms with E-state index < -0.39 is 12.0 Å². The first-order valence-corrected chi connectivity index (χ1v) is 4.58. The molecule has 1 aliphatic heterocycles. The van der Waals surface area contributed by atoms with Crippen molar-refractivity contribution in [2.24, 2.45) is 5.29 Å². The van der Waals surface area contributed by atoms with Crippen LogP contribution in [0.3, 0.4) is 0 Å². The highest BCUT2D eigenvalue weighted by atomic mass is 16.4. The van der Waals surface area contributed by atoms with Crippen molar-refractivity contribution in [2.75, 3.05) is 6.54 Å². The van der Waals surface area contributed by atoms with Crippen molar-refractivity contribution in [2.45, 2.75) is 38.1 Å². The SMILES string of the molecule is O=NN1CCCCCC[C@H]1C(=O)O. The summed E-state index contributed by atoms with van der Waals surface area (Å²) in [6.45, 7) is 0.473. The summed E-state index contributed by atoms with van der Waals surface area (Å²) >= 11 is 0. The molecule has 0 aliphatic carbocycles. The lowest BCUT2D eigenvalue weighted by atomic mass is 10.0. The van der Waals surface area contributed by atoms with Gasteiger partial charge >= 0.3 is 5.97 Å². The Morgan fingerprint density at radius 3 is 2.62 bits per heavy atom. The van der Waals surface area contributed by atoms with Crippen LogP contribution in [-0.2, 0) is 4.79 Å². The van der Waals surface area contributed by atoms with Crippen LogP contribution in [0.5, 0.6) is 0 Å². The molecular weight excluding hydrogens is 172 g/mol. The zero-order valence-electron chi connectivity index (χ0n) is 7.48. The molecule has 1 aliphatic rings. The summed E-state index contributed by atoms with van der Waals surface area (Å²) in [6, 6.07) is -0.710. The monoisotopic (exact) mass is 186 g/mol. The van der Waals surface area contributed by atoms with Crippen LogP contribution >= 0.6 is 0 Å². The summed E-state index contributed by atoms with van der Waals surface area (Å²) in [5, 5.41) is 12.7. The second-order valence-corrected chi connectivity index (χ2v) is 3.30. The Morgan fingerprint density at radius 2 is 2.00 bits per heavy atom. The Balaban J connectivity index is 2.60. The Kier molecular flexibility index (Phi) is 3.67. The van der Waals surface area contributed by atoms with Crippen LogP contribution in [0.4, 0.5) is 0 Å². The number of rotatable bonds is 2. The van der Waals surface area contributed by atoms with Gasteiger partial charge in [-0.05, 0) is 12.8 Å². The summed E-state index contributed by atoms with van der Waals surface area (Å²) in [6.07, 6.45) is 4.36. The van der Waals surface area contributed by atoms with E-state index in [4.69, 9.17) is 5.11 Å². The van der Waals surface area contributed by atoms with E-state index in [0.29, 0.717) is 13.0 Å². The van der Waals surface area contributed by atoms with Crippen LogP contribution < -0.4 is 0 Å². The normalized spacial score (nSPS) is 24.6. The second-order valence-electron chi connectivity index (χ2n) is 3.30. The molecule has 0 aromatic heterocycles. The maximum atomic E-state index is 10.7. The molecule has 0 bridgehead atoms. The molecule has 1 fully saturated rings. The third-order valence-corrected chi connectivity index (χ3v) is 2.36. The minimum Gasteiger partial charge on any atom is -0.480 e. The molecule has 74 valence electrons. The lowest BCUT2D eigenvalue weighted by Gasteiger charge is -2.24. The summed E-state index contributed by atoms with van der Waals surface area (Å²) in [4.78, 5) is 21.1. The molecule has 1 saturated heterocycles. The van der Waals surface area contributed by atoms with E-state index in [-0.39, 0.29) is 0 Å². The summed E-state index contributed by atoms with van der Waals surface area (Å²) in [7, 11) is 0. The van der Waals surface area contributed by atoms with Gasteiger partial charge in [0.1, 0.15) is 6.04 Å². The number of carboxylic acids is 1. The number of nitroso groups, excluding NO2 is 1. The zero-order valence-corrected chi connectivity index (χ0v) is 7.48. The lowest BCUT2D eigenvalue weighted by molar-refractivity contribution is -0.144. The highest BCUT2D eigenvalue weighted by Gasteiger charge is 2.25. The maximum absolute atomic E-state index is 10.7. The molecule has 0 radical (unpaired) electrons. The van der Waals surface area contributed by atoms with Gasteiger partial charge in [0.2, 0.25) is 0 Å². The van der Waals surface area contributed by atoms with Gasteiger partial charge in [0, 0.05) is 6.54 Å². The first kappa shape index (κ1) is 9.95. The molecule has 5 heteroatoms. The van der Waals surface area contributed by atoms with Crippen molar-refractivity contribution in [3.05, 3.63) is 4.91 Å². The Bertz CT molecular complexity index is 196. The number of aliphatic carboxylic acids is 1. The van der Waals surface area contributed by atoms with E-state index in [2.05, 4.69) is 5.29 Å². The van der Waals surface area contributed by atoms with Crippen molar-refractivity contribution in [3.8, 4) is 0 Å². The molecule has 1 atom stereocenters. The number of carbonyl (C=O) groups is 1. The van der Waals surface area contributed by atoms with Crippen molar-refractivity contribution in [1.82, 2.24) is 5.01 Å². The molecule has 0 amide bonds. The number of nitrogens with zero attached hydrogens (tertiary/aromatic N) is 2. The average molecular weight is 186 g/mol. The minimum atomic E-state index is -0.943. The van der Waals surface area contributed by atoms with E-state index >= 15 is 0 Å². The Morgan fingerprint density at radius 1 is 1.31 bits per heavy atom. The standard InChI is InChI=1S/C8H14N2O3/c11-8(12)7-5-3-1-2-4-6-10(7)9-13/h7H,1-6H2,(H,11,12)/t7-/m0/s1. The minimum absolute atomic E-state index is 0.473. The van der Waals surface area contributed by atoms with Crippen LogP contribution in [0.25, 0.3) is 0 Å². The Labute approximate surface area is 76.7 Å². The number of hydrogen-bond donors (Lipinski definition) is 1. The van der Waals surface area contributed by atoms with Crippen LogP contribution in [0.2, 0.25) is 0 Å². The van der Waals surface area contributed by atoms with Gasteiger partial charge in [-0.1, -0.05) is 19.3 Å². The fourth-order valence-corrected chi connectivity index (χ4v) is 1.62. The molecule has 0 aromatic carbocycles. The van der Waals surface area contributed by atoms with E-state index in [1.807, 2.05) is 0 Å². The van der Waals surface area contributed by atoms with Crippen molar-refractivity contribution < 1.29 is 9.90 Å². The van der Waals surface area contributed by atoms with E-state index in [1.54, 1.807) is 0 Å². The lowest BCUT2D eigenvalue weighted by Crippen LogP contribution is -2.38. The predicted octanol–water partition coefficient (Wildman–Crippen LogP) is 1.39. The van der Waals surface area contributed by atoms with Gasteiger partial charge in [-0.2, -0.15) is 0 Å². The topological polar surface area (TPSA) is 70.0 Å². The van der Waals surface area contributed by atoms with E-state index in [9.17, 15) is 9.70 Å². The van der Waals surface area contributed by atoms with Gasteiger partial charge in [0.15, 0.2) is 0 Å². The highest BCUT2D eigenvalue weighted by Crippen LogP contribution is 2.16. The molecule has 1 N–H and O–H groups in total. The van der Waals surface area contributed by atoms with Crippen LogP contribution in [0.1, 0.15) is 32.1 Å². The average Bonchev–Trinajstić information content (AvgIpc) is 2.03. The van der Waals surface area contributed by atoms with Gasteiger partial charge < -0.3 is 5.11 Å². The van der Waals surface area contributed by atoms with Gasteiger partial charge in [-0.25, -0.2) is 9.80 Å². The van der Waals surface area contributed by atoms with Gasteiger partial charge in [0.05, 0.1) is 5.29 Å². The molecule has 0 spiro atoms.